The molecule has 2 aromatic rings. The minimum absolute atomic E-state index is 0.197. The van der Waals surface area contributed by atoms with Crippen LogP contribution in [0.5, 0.6) is 0 Å². The molecule has 0 radical (unpaired) electrons. The molecule has 2 aromatic carbocycles. The molecule has 240 valence electrons. The Bertz CT molecular complexity index is 1210. The molecule has 2 heterocycles. The van der Waals surface area contributed by atoms with Gasteiger partial charge in [-0.25, -0.2) is 0 Å². The van der Waals surface area contributed by atoms with Crippen molar-refractivity contribution < 1.29 is 37.9 Å². The second kappa shape index (κ2) is 12.4. The van der Waals surface area contributed by atoms with Gasteiger partial charge in [0, 0.05) is 14.2 Å². The number of fused-ring (bicyclic) bond motifs is 1. The molecule has 4 saturated carbocycles. The van der Waals surface area contributed by atoms with Crippen molar-refractivity contribution in [2.45, 2.75) is 113 Å². The van der Waals surface area contributed by atoms with Gasteiger partial charge < -0.3 is 37.9 Å². The molecule has 7 atom stereocenters. The molecular weight excluding hydrogens is 560 g/mol. The number of ether oxygens (including phenoxy) is 8. The van der Waals surface area contributed by atoms with Crippen LogP contribution in [0.1, 0.15) is 63.5 Å². The Kier molecular flexibility index (Phi) is 8.65. The zero-order chi connectivity index (χ0) is 30.4. The summed E-state index contributed by atoms with van der Waals surface area (Å²) in [5, 5.41) is 0. The van der Waals surface area contributed by atoms with Gasteiger partial charge in [-0.15, -0.1) is 0 Å². The van der Waals surface area contributed by atoms with Crippen LogP contribution < -0.4 is 0 Å². The lowest BCUT2D eigenvalue weighted by molar-refractivity contribution is -0.485. The Hall–Kier alpha value is -1.88. The Morgan fingerprint density at radius 2 is 1.23 bits per heavy atom. The van der Waals surface area contributed by atoms with Crippen molar-refractivity contribution in [2.75, 3.05) is 20.8 Å². The Morgan fingerprint density at radius 3 is 1.77 bits per heavy atom. The lowest BCUT2D eigenvalue weighted by atomic mass is 9.54. The van der Waals surface area contributed by atoms with Gasteiger partial charge in [0.05, 0.1) is 25.4 Å². The maximum Gasteiger partial charge on any atom is 0.220 e. The fourth-order valence-corrected chi connectivity index (χ4v) is 8.82. The van der Waals surface area contributed by atoms with Gasteiger partial charge in [0.2, 0.25) is 11.6 Å². The summed E-state index contributed by atoms with van der Waals surface area (Å²) in [6.07, 6.45) is 4.47. The number of rotatable bonds is 11. The first-order valence-electron chi connectivity index (χ1n) is 16.4. The fourth-order valence-electron chi connectivity index (χ4n) is 8.82. The Morgan fingerprint density at radius 1 is 0.705 bits per heavy atom. The van der Waals surface area contributed by atoms with Crippen LogP contribution >= 0.6 is 0 Å². The van der Waals surface area contributed by atoms with Crippen molar-refractivity contribution in [3.63, 3.8) is 0 Å². The van der Waals surface area contributed by atoms with E-state index >= 15 is 0 Å². The van der Waals surface area contributed by atoms with E-state index in [0.29, 0.717) is 19.8 Å². The first-order chi connectivity index (χ1) is 21.3. The second-order valence-electron chi connectivity index (χ2n) is 14.0. The van der Waals surface area contributed by atoms with Crippen LogP contribution in [-0.4, -0.2) is 68.7 Å². The molecule has 8 nitrogen and oxygen atoms in total. The third-order valence-corrected chi connectivity index (χ3v) is 10.9. The largest absolute Gasteiger partial charge is 0.374 e. The van der Waals surface area contributed by atoms with Crippen molar-refractivity contribution >= 4 is 0 Å². The van der Waals surface area contributed by atoms with E-state index in [1.807, 2.05) is 50.2 Å². The Balaban J connectivity index is 1.19. The first kappa shape index (κ1) is 30.8. The van der Waals surface area contributed by atoms with Crippen LogP contribution in [0.15, 0.2) is 60.7 Å². The van der Waals surface area contributed by atoms with Gasteiger partial charge in [0.25, 0.3) is 0 Å². The summed E-state index contributed by atoms with van der Waals surface area (Å²) in [5.41, 5.74) is 1.97. The molecule has 2 aliphatic heterocycles. The van der Waals surface area contributed by atoms with Crippen molar-refractivity contribution in [3.05, 3.63) is 71.8 Å². The number of hydrogen-bond acceptors (Lipinski definition) is 8. The maximum atomic E-state index is 7.21. The maximum absolute atomic E-state index is 7.21. The lowest BCUT2D eigenvalue weighted by Gasteiger charge is -2.60. The number of benzene rings is 2. The molecule has 2 saturated heterocycles. The van der Waals surface area contributed by atoms with Gasteiger partial charge in [-0.1, -0.05) is 60.7 Å². The highest BCUT2D eigenvalue weighted by atomic mass is 16.8. The molecule has 0 spiro atoms. The van der Waals surface area contributed by atoms with Crippen molar-refractivity contribution in [2.24, 2.45) is 17.8 Å². The average Bonchev–Trinajstić information content (AvgIpc) is 3.02. The summed E-state index contributed by atoms with van der Waals surface area (Å²) in [7, 11) is 3.22. The summed E-state index contributed by atoms with van der Waals surface area (Å²) >= 11 is 0. The van der Waals surface area contributed by atoms with Gasteiger partial charge in [0.1, 0.15) is 24.4 Å². The van der Waals surface area contributed by atoms with Gasteiger partial charge in [-0.2, -0.15) is 0 Å². The van der Waals surface area contributed by atoms with E-state index in [4.69, 9.17) is 37.9 Å². The topological polar surface area (TPSA) is 73.8 Å². The average molecular weight is 609 g/mol. The molecule has 4 bridgehead atoms. The number of hydrogen-bond donors (Lipinski definition) is 0. The zero-order valence-electron chi connectivity index (χ0n) is 26.5. The first-order valence-corrected chi connectivity index (χ1v) is 16.4. The highest BCUT2D eigenvalue weighted by Crippen LogP contribution is 2.58. The van der Waals surface area contributed by atoms with Crippen molar-refractivity contribution in [1.82, 2.24) is 0 Å². The SMILES string of the molecule is CO[C@@]1(C)O[C@@H]2[C@H](OCc3ccccc3)[C@@H](OC34CC5CC(CC(C5)C3)C4)O[C@H](COCc3ccccc3)[C@H]2O[C@]1(C)OC. The minimum atomic E-state index is -1.20. The third-order valence-electron chi connectivity index (χ3n) is 10.9. The predicted octanol–water partition coefficient (Wildman–Crippen LogP) is 6.01. The number of methoxy groups -OCH3 is 2. The van der Waals surface area contributed by atoms with E-state index in [2.05, 4.69) is 24.3 Å². The van der Waals surface area contributed by atoms with Gasteiger partial charge in [-0.3, -0.25) is 0 Å². The molecule has 4 aliphatic carbocycles. The van der Waals surface area contributed by atoms with Gasteiger partial charge >= 0.3 is 0 Å². The van der Waals surface area contributed by atoms with E-state index in [0.717, 1.165) is 48.1 Å². The van der Waals surface area contributed by atoms with E-state index in [9.17, 15) is 0 Å². The predicted molar refractivity (Wildman–Crippen MR) is 162 cm³/mol. The van der Waals surface area contributed by atoms with Crippen molar-refractivity contribution in [3.8, 4) is 0 Å². The third kappa shape index (κ3) is 5.89. The highest BCUT2D eigenvalue weighted by molar-refractivity contribution is 5.15. The molecule has 6 aliphatic rings. The summed E-state index contributed by atoms with van der Waals surface area (Å²) in [4.78, 5) is 0. The quantitative estimate of drug-likeness (QED) is 0.307. The van der Waals surface area contributed by atoms with Crippen LogP contribution in [0.25, 0.3) is 0 Å². The normalized spacial score (nSPS) is 42.7. The Labute approximate surface area is 261 Å². The van der Waals surface area contributed by atoms with Gasteiger partial charge in [-0.05, 0) is 81.3 Å². The molecule has 0 amide bonds. The smallest absolute Gasteiger partial charge is 0.220 e. The standard InChI is InChI=1S/C36H48O8/c1-34(37-3)35(2,38-4)43-31-30(42-34)29(23-39-21-24-11-7-5-8-12-24)41-33(32(31)40-22-25-13-9-6-10-14-25)44-36-18-26-15-27(19-36)17-28(16-26)20-36/h5-14,26-33H,15-23H2,1-4H3/t26?,27?,28?,29-,30-,31+,32+,33-,34+,35+,36?/m1/s1. The van der Waals surface area contributed by atoms with E-state index in [1.165, 1.54) is 19.3 Å². The van der Waals surface area contributed by atoms with Crippen LogP contribution in [0.3, 0.4) is 0 Å². The van der Waals surface area contributed by atoms with E-state index in [-0.39, 0.29) is 5.60 Å². The van der Waals surface area contributed by atoms with E-state index < -0.39 is 42.3 Å². The monoisotopic (exact) mass is 608 g/mol. The van der Waals surface area contributed by atoms with Gasteiger partial charge in [0.15, 0.2) is 6.29 Å². The molecule has 0 unspecified atom stereocenters. The summed E-state index contributed by atoms with van der Waals surface area (Å²) < 4.78 is 52.6. The molecular formula is C36H48O8. The molecule has 0 aromatic heterocycles. The highest BCUT2D eigenvalue weighted by Gasteiger charge is 2.64. The molecule has 6 fully saturated rings. The van der Waals surface area contributed by atoms with E-state index in [1.54, 1.807) is 14.2 Å². The van der Waals surface area contributed by atoms with Crippen LogP contribution in [0, 0.1) is 17.8 Å². The van der Waals surface area contributed by atoms with Crippen LogP contribution in [0.4, 0.5) is 0 Å². The summed E-state index contributed by atoms with van der Waals surface area (Å²) in [6, 6.07) is 20.3. The molecule has 8 rings (SSSR count). The fraction of sp³-hybridized carbons (Fsp3) is 0.667. The minimum Gasteiger partial charge on any atom is -0.374 e. The van der Waals surface area contributed by atoms with Crippen LogP contribution in [-0.2, 0) is 51.1 Å². The molecule has 44 heavy (non-hydrogen) atoms. The summed E-state index contributed by atoms with van der Waals surface area (Å²) in [6.45, 7) is 4.85. The summed E-state index contributed by atoms with van der Waals surface area (Å²) in [5.74, 6) is -0.184. The second-order valence-corrected chi connectivity index (χ2v) is 14.0. The molecule has 8 heteroatoms. The zero-order valence-corrected chi connectivity index (χ0v) is 26.5. The molecule has 0 N–H and O–H groups in total. The van der Waals surface area contributed by atoms with Crippen molar-refractivity contribution in [1.29, 1.82) is 0 Å². The lowest BCUT2D eigenvalue weighted by Crippen LogP contribution is -2.74. The van der Waals surface area contributed by atoms with Crippen LogP contribution in [0.2, 0.25) is 0 Å².